The molecule has 10 heteroatoms. The molecule has 3 aromatic rings. The highest BCUT2D eigenvalue weighted by Crippen LogP contribution is 2.30. The van der Waals surface area contributed by atoms with Gasteiger partial charge < -0.3 is 4.57 Å². The Balaban J connectivity index is 1.76. The maximum Gasteiger partial charge on any atom is 0.335 e. The van der Waals surface area contributed by atoms with Gasteiger partial charge in [0.05, 0.1) is 10.6 Å². The Kier molecular flexibility index (Phi) is 5.80. The largest absolute Gasteiger partial charge is 0.335 e. The average Bonchev–Trinajstić information content (AvgIpc) is 3.06. The zero-order valence-corrected chi connectivity index (χ0v) is 19.2. The number of nitrogens with one attached hydrogen (secondary N) is 1. The number of nitro groups is 1. The number of barbiturate groups is 1. The summed E-state index contributed by atoms with van der Waals surface area (Å²) in [7, 11) is 0. The Morgan fingerprint density at radius 1 is 1.03 bits per heavy atom. The number of carbonyl (C=O) groups excluding carboxylic acids is 3. The van der Waals surface area contributed by atoms with E-state index in [9.17, 15) is 24.5 Å². The molecule has 0 saturated carbocycles. The molecular formula is C24H19ClN4O5. The zero-order valence-electron chi connectivity index (χ0n) is 18.5. The van der Waals surface area contributed by atoms with Gasteiger partial charge in [0.15, 0.2) is 0 Å². The number of nitro benzene ring substituents is 1. The molecule has 1 aromatic heterocycles. The lowest BCUT2D eigenvalue weighted by Crippen LogP contribution is -2.54. The molecule has 0 atom stereocenters. The van der Waals surface area contributed by atoms with Crippen molar-refractivity contribution in [3.8, 4) is 5.69 Å². The predicted octanol–water partition coefficient (Wildman–Crippen LogP) is 4.63. The molecule has 2 aromatic carbocycles. The van der Waals surface area contributed by atoms with Crippen molar-refractivity contribution < 1.29 is 19.3 Å². The Bertz CT molecular complexity index is 1410. The van der Waals surface area contributed by atoms with Crippen molar-refractivity contribution in [1.29, 1.82) is 0 Å². The third kappa shape index (κ3) is 3.86. The van der Waals surface area contributed by atoms with Crippen LogP contribution in [0.25, 0.3) is 11.8 Å². The van der Waals surface area contributed by atoms with Crippen LogP contribution in [-0.4, -0.2) is 27.3 Å². The molecule has 34 heavy (non-hydrogen) atoms. The van der Waals surface area contributed by atoms with Gasteiger partial charge in [-0.15, -0.1) is 0 Å². The molecule has 0 bridgehead atoms. The number of hydrogen-bond acceptors (Lipinski definition) is 5. The summed E-state index contributed by atoms with van der Waals surface area (Å²) < 4.78 is 1.85. The second kappa shape index (κ2) is 8.60. The first-order chi connectivity index (χ1) is 16.1. The van der Waals surface area contributed by atoms with Crippen LogP contribution in [0.1, 0.15) is 22.5 Å². The Labute approximate surface area is 199 Å². The number of non-ortho nitro benzene ring substituents is 1. The Hall–Kier alpha value is -4.24. The second-order valence-corrected chi connectivity index (χ2v) is 8.18. The monoisotopic (exact) mass is 478 g/mol. The average molecular weight is 479 g/mol. The van der Waals surface area contributed by atoms with E-state index in [1.807, 2.05) is 11.5 Å². The molecule has 1 N–H and O–H groups in total. The van der Waals surface area contributed by atoms with E-state index in [2.05, 4.69) is 5.32 Å². The first-order valence-corrected chi connectivity index (χ1v) is 10.6. The molecule has 1 fully saturated rings. The molecule has 1 aliphatic heterocycles. The standard InChI is InChI=1S/C24H19ClN4O5/c1-13-11-16(15(3)27(13)17-7-9-18(10-8-17)29(33)34)12-19-22(30)26-24(32)28(23(19)31)21-6-4-5-20(25)14(21)2/h4-12H,1-3H3,(H,26,30,32)/b19-12-. The van der Waals surface area contributed by atoms with Crippen LogP contribution in [-0.2, 0) is 9.59 Å². The summed E-state index contributed by atoms with van der Waals surface area (Å²) in [6, 6.07) is 11.8. The summed E-state index contributed by atoms with van der Waals surface area (Å²) in [5.41, 5.74) is 3.36. The number of rotatable bonds is 4. The van der Waals surface area contributed by atoms with Gasteiger partial charge in [0.2, 0.25) is 0 Å². The molecule has 4 rings (SSSR count). The third-order valence-corrected chi connectivity index (χ3v) is 6.08. The maximum absolute atomic E-state index is 13.3. The van der Waals surface area contributed by atoms with Crippen LogP contribution in [0.15, 0.2) is 54.1 Å². The van der Waals surface area contributed by atoms with E-state index >= 15 is 0 Å². The number of anilines is 1. The van der Waals surface area contributed by atoms with Gasteiger partial charge in [-0.1, -0.05) is 17.7 Å². The van der Waals surface area contributed by atoms with Crippen LogP contribution in [0.4, 0.5) is 16.2 Å². The minimum absolute atomic E-state index is 0.0286. The summed E-state index contributed by atoms with van der Waals surface area (Å²) in [6.07, 6.45) is 1.43. The molecule has 2 heterocycles. The van der Waals surface area contributed by atoms with Gasteiger partial charge in [0.25, 0.3) is 17.5 Å². The van der Waals surface area contributed by atoms with Crippen molar-refractivity contribution >= 4 is 46.9 Å². The minimum Gasteiger partial charge on any atom is -0.318 e. The number of carbonyl (C=O) groups is 3. The fourth-order valence-corrected chi connectivity index (χ4v) is 4.09. The van der Waals surface area contributed by atoms with Crippen molar-refractivity contribution in [2.75, 3.05) is 4.90 Å². The van der Waals surface area contributed by atoms with Crippen LogP contribution in [0.5, 0.6) is 0 Å². The summed E-state index contributed by atoms with van der Waals surface area (Å²) in [5, 5.41) is 13.5. The lowest BCUT2D eigenvalue weighted by atomic mass is 10.1. The number of benzene rings is 2. The lowest BCUT2D eigenvalue weighted by Gasteiger charge is -2.27. The van der Waals surface area contributed by atoms with Crippen LogP contribution < -0.4 is 10.2 Å². The predicted molar refractivity (Wildman–Crippen MR) is 127 cm³/mol. The fourth-order valence-electron chi connectivity index (χ4n) is 3.92. The van der Waals surface area contributed by atoms with E-state index in [1.165, 1.54) is 18.2 Å². The van der Waals surface area contributed by atoms with Crippen LogP contribution in [0, 0.1) is 30.9 Å². The molecule has 0 unspecified atom stereocenters. The summed E-state index contributed by atoms with van der Waals surface area (Å²) >= 11 is 6.16. The van der Waals surface area contributed by atoms with Crippen molar-refractivity contribution in [3.05, 3.63) is 91.8 Å². The summed E-state index contributed by atoms with van der Waals surface area (Å²) in [5.74, 6) is -1.56. The van der Waals surface area contributed by atoms with Crippen LogP contribution in [0.2, 0.25) is 5.02 Å². The van der Waals surface area contributed by atoms with E-state index in [-0.39, 0.29) is 16.9 Å². The summed E-state index contributed by atoms with van der Waals surface area (Å²) in [4.78, 5) is 49.7. The molecule has 0 aliphatic carbocycles. The molecule has 9 nitrogen and oxygen atoms in total. The number of hydrogen-bond donors (Lipinski definition) is 1. The molecule has 0 radical (unpaired) electrons. The first kappa shape index (κ1) is 22.9. The van der Waals surface area contributed by atoms with Crippen molar-refractivity contribution in [2.24, 2.45) is 0 Å². The van der Waals surface area contributed by atoms with E-state index < -0.39 is 22.8 Å². The van der Waals surface area contributed by atoms with Gasteiger partial charge >= 0.3 is 6.03 Å². The Morgan fingerprint density at radius 3 is 2.35 bits per heavy atom. The maximum atomic E-state index is 13.3. The number of urea groups is 1. The Morgan fingerprint density at radius 2 is 1.71 bits per heavy atom. The zero-order chi connectivity index (χ0) is 24.7. The first-order valence-electron chi connectivity index (χ1n) is 10.2. The van der Waals surface area contributed by atoms with Gasteiger partial charge in [-0.05, 0) is 68.3 Å². The molecule has 172 valence electrons. The molecular weight excluding hydrogens is 460 g/mol. The van der Waals surface area contributed by atoms with Crippen molar-refractivity contribution in [3.63, 3.8) is 0 Å². The molecule has 1 aliphatic rings. The van der Waals surface area contributed by atoms with Gasteiger partial charge in [-0.3, -0.25) is 25.0 Å². The van der Waals surface area contributed by atoms with Crippen LogP contribution >= 0.6 is 11.6 Å². The smallest absolute Gasteiger partial charge is 0.318 e. The van der Waals surface area contributed by atoms with Gasteiger partial charge in [-0.25, -0.2) is 9.69 Å². The van der Waals surface area contributed by atoms with E-state index in [0.29, 0.717) is 27.5 Å². The van der Waals surface area contributed by atoms with Gasteiger partial charge in [0.1, 0.15) is 5.57 Å². The third-order valence-electron chi connectivity index (χ3n) is 5.67. The normalized spacial score (nSPS) is 15.1. The topological polar surface area (TPSA) is 115 Å². The number of amides is 4. The molecule has 0 spiro atoms. The number of aryl methyl sites for hydroxylation is 1. The number of aromatic nitrogens is 1. The number of halogens is 1. The lowest BCUT2D eigenvalue weighted by molar-refractivity contribution is -0.384. The van der Waals surface area contributed by atoms with E-state index in [0.717, 1.165) is 10.6 Å². The van der Waals surface area contributed by atoms with Crippen molar-refractivity contribution in [2.45, 2.75) is 20.8 Å². The van der Waals surface area contributed by atoms with E-state index in [4.69, 9.17) is 11.6 Å². The minimum atomic E-state index is -0.853. The summed E-state index contributed by atoms with van der Waals surface area (Å²) in [6.45, 7) is 5.32. The second-order valence-electron chi connectivity index (χ2n) is 7.78. The van der Waals surface area contributed by atoms with Gasteiger partial charge in [0, 0.05) is 34.2 Å². The van der Waals surface area contributed by atoms with Crippen LogP contribution in [0.3, 0.4) is 0 Å². The van der Waals surface area contributed by atoms with E-state index in [1.54, 1.807) is 50.2 Å². The van der Waals surface area contributed by atoms with Crippen molar-refractivity contribution in [1.82, 2.24) is 9.88 Å². The van der Waals surface area contributed by atoms with Gasteiger partial charge in [-0.2, -0.15) is 0 Å². The SMILES string of the molecule is Cc1c(Cl)cccc1N1C(=O)NC(=O)/C(=C/c2cc(C)n(-c3ccc([N+](=O)[O-])cc3)c2C)C1=O. The molecule has 4 amide bonds. The fraction of sp³-hybridized carbons (Fsp3) is 0.125. The molecule has 1 saturated heterocycles. The highest BCUT2D eigenvalue weighted by Gasteiger charge is 2.37. The number of nitrogens with zero attached hydrogens (tertiary/aromatic N) is 3. The highest BCUT2D eigenvalue weighted by molar-refractivity contribution is 6.40. The quantitative estimate of drug-likeness (QED) is 0.254. The number of imide groups is 2. The highest BCUT2D eigenvalue weighted by atomic mass is 35.5.